The summed E-state index contributed by atoms with van der Waals surface area (Å²) < 4.78 is 4.79. The molecule has 1 aliphatic rings. The van der Waals surface area contributed by atoms with E-state index in [9.17, 15) is 14.9 Å². The Morgan fingerprint density at radius 3 is 2.87 bits per heavy atom. The number of thioether (sulfide) groups is 1. The van der Waals surface area contributed by atoms with E-state index in [1.165, 1.54) is 18.9 Å². The van der Waals surface area contributed by atoms with Crippen LogP contribution in [0.1, 0.15) is 53.9 Å². The van der Waals surface area contributed by atoms with E-state index in [0.717, 1.165) is 30.5 Å². The van der Waals surface area contributed by atoms with Gasteiger partial charge in [-0.1, -0.05) is 37.7 Å². The smallest absolute Gasteiger partial charge is 0.339 e. The number of carbonyl (C=O) groups is 2. The van der Waals surface area contributed by atoms with Crippen LogP contribution in [0, 0.1) is 17.2 Å². The molecule has 1 heterocycles. The molecule has 2 aromatic rings. The van der Waals surface area contributed by atoms with Crippen molar-refractivity contribution < 1.29 is 14.3 Å². The molecule has 1 aromatic carbocycles. The van der Waals surface area contributed by atoms with Gasteiger partial charge in [-0.2, -0.15) is 5.26 Å². The van der Waals surface area contributed by atoms with Crippen LogP contribution in [0.15, 0.2) is 35.4 Å². The van der Waals surface area contributed by atoms with E-state index in [4.69, 9.17) is 9.72 Å². The van der Waals surface area contributed by atoms with Gasteiger partial charge in [0.25, 0.3) is 0 Å². The molecule has 0 bridgehead atoms. The van der Waals surface area contributed by atoms with E-state index in [1.807, 2.05) is 13.0 Å². The SMILES string of the molecule is CCC(Sc1nc2c(cc1C#N)CC(C)CC2)C(=O)Nc1ccccc1C(=O)OC. The highest BCUT2D eigenvalue weighted by Crippen LogP contribution is 2.32. The third-order valence-electron chi connectivity index (χ3n) is 5.23. The number of anilines is 1. The lowest BCUT2D eigenvalue weighted by atomic mass is 9.87. The van der Waals surface area contributed by atoms with Crippen LogP contribution >= 0.6 is 11.8 Å². The number of methoxy groups -OCH3 is 1. The molecule has 0 saturated carbocycles. The Balaban J connectivity index is 1.82. The molecule has 0 fully saturated rings. The average molecular weight is 424 g/mol. The molecule has 6 nitrogen and oxygen atoms in total. The largest absolute Gasteiger partial charge is 0.465 e. The van der Waals surface area contributed by atoms with E-state index in [0.29, 0.717) is 34.2 Å². The third-order valence-corrected chi connectivity index (χ3v) is 6.59. The summed E-state index contributed by atoms with van der Waals surface area (Å²) in [6.07, 6.45) is 3.46. The fourth-order valence-electron chi connectivity index (χ4n) is 3.55. The van der Waals surface area contributed by atoms with Crippen molar-refractivity contribution in [1.82, 2.24) is 4.98 Å². The lowest BCUT2D eigenvalue weighted by Gasteiger charge is -2.22. The summed E-state index contributed by atoms with van der Waals surface area (Å²) in [6.45, 7) is 4.12. The monoisotopic (exact) mass is 423 g/mol. The van der Waals surface area contributed by atoms with Crippen molar-refractivity contribution in [3.05, 3.63) is 52.7 Å². The minimum Gasteiger partial charge on any atom is -0.465 e. The first kappa shape index (κ1) is 21.8. The first-order valence-electron chi connectivity index (χ1n) is 10.0. The van der Waals surface area contributed by atoms with Crippen LogP contribution in [-0.2, 0) is 22.4 Å². The van der Waals surface area contributed by atoms with Crippen molar-refractivity contribution >= 4 is 29.3 Å². The van der Waals surface area contributed by atoms with Gasteiger partial charge in [-0.25, -0.2) is 9.78 Å². The third kappa shape index (κ3) is 4.82. The van der Waals surface area contributed by atoms with Crippen LogP contribution in [0.4, 0.5) is 5.69 Å². The highest BCUT2D eigenvalue weighted by molar-refractivity contribution is 8.00. The van der Waals surface area contributed by atoms with Crippen molar-refractivity contribution in [2.45, 2.75) is 49.8 Å². The van der Waals surface area contributed by atoms with Crippen LogP contribution in [0.3, 0.4) is 0 Å². The standard InChI is InChI=1S/C23H25N3O3S/c1-4-20(21(27)25-19-8-6-5-7-17(19)23(28)29-3)30-22-16(13-24)12-15-11-14(2)9-10-18(15)26-22/h5-8,12,14,20H,4,9-11H2,1-3H3,(H,25,27). The Morgan fingerprint density at radius 2 is 2.17 bits per heavy atom. The van der Waals surface area contributed by atoms with Gasteiger partial charge in [-0.05, 0) is 55.4 Å². The van der Waals surface area contributed by atoms with Crippen LogP contribution in [0.25, 0.3) is 0 Å². The quantitative estimate of drug-likeness (QED) is 0.548. The summed E-state index contributed by atoms with van der Waals surface area (Å²) in [5.41, 5.74) is 3.38. The van der Waals surface area contributed by atoms with E-state index >= 15 is 0 Å². The summed E-state index contributed by atoms with van der Waals surface area (Å²) in [5.74, 6) is -0.159. The van der Waals surface area contributed by atoms with Crippen LogP contribution < -0.4 is 5.32 Å². The second-order valence-corrected chi connectivity index (χ2v) is 8.64. The number of aromatic nitrogens is 1. The highest BCUT2D eigenvalue weighted by atomic mass is 32.2. The van der Waals surface area contributed by atoms with Gasteiger partial charge in [0.05, 0.1) is 29.2 Å². The summed E-state index contributed by atoms with van der Waals surface area (Å²) in [4.78, 5) is 29.7. The van der Waals surface area contributed by atoms with Crippen LogP contribution in [0.5, 0.6) is 0 Å². The van der Waals surface area contributed by atoms with Crippen molar-refractivity contribution in [3.8, 4) is 6.07 Å². The summed E-state index contributed by atoms with van der Waals surface area (Å²) in [6, 6.07) is 10.9. The maximum atomic E-state index is 12.9. The molecular weight excluding hydrogens is 398 g/mol. The summed E-state index contributed by atoms with van der Waals surface area (Å²) in [7, 11) is 1.30. The van der Waals surface area contributed by atoms with Gasteiger partial charge in [-0.3, -0.25) is 4.79 Å². The topological polar surface area (TPSA) is 92.1 Å². The van der Waals surface area contributed by atoms with Crippen molar-refractivity contribution in [3.63, 3.8) is 0 Å². The Morgan fingerprint density at radius 1 is 1.40 bits per heavy atom. The number of nitrogens with zero attached hydrogens (tertiary/aromatic N) is 2. The molecule has 30 heavy (non-hydrogen) atoms. The Bertz CT molecular complexity index is 1000. The number of esters is 1. The van der Waals surface area contributed by atoms with E-state index in [2.05, 4.69) is 18.3 Å². The summed E-state index contributed by atoms with van der Waals surface area (Å²) in [5, 5.41) is 12.6. The number of pyridine rings is 1. The number of benzene rings is 1. The fourth-order valence-corrected chi connectivity index (χ4v) is 4.54. The number of nitrogens with one attached hydrogen (secondary N) is 1. The maximum Gasteiger partial charge on any atom is 0.339 e. The molecule has 1 N–H and O–H groups in total. The Kier molecular flexibility index (Phi) is 7.11. The number of para-hydroxylation sites is 1. The predicted molar refractivity (Wildman–Crippen MR) is 116 cm³/mol. The van der Waals surface area contributed by atoms with Gasteiger partial charge < -0.3 is 10.1 Å². The van der Waals surface area contributed by atoms with Gasteiger partial charge in [0.2, 0.25) is 5.91 Å². The number of fused-ring (bicyclic) bond motifs is 1. The van der Waals surface area contributed by atoms with E-state index in [1.54, 1.807) is 24.3 Å². The number of hydrogen-bond acceptors (Lipinski definition) is 6. The molecule has 0 spiro atoms. The van der Waals surface area contributed by atoms with E-state index in [-0.39, 0.29) is 5.91 Å². The molecule has 0 radical (unpaired) electrons. The van der Waals surface area contributed by atoms with Crippen molar-refractivity contribution in [1.29, 1.82) is 5.26 Å². The zero-order valence-corrected chi connectivity index (χ0v) is 18.2. The second kappa shape index (κ2) is 9.77. The Hall–Kier alpha value is -2.85. The first-order chi connectivity index (χ1) is 14.5. The number of carbonyl (C=O) groups excluding carboxylic acids is 2. The van der Waals surface area contributed by atoms with E-state index < -0.39 is 11.2 Å². The molecule has 0 aliphatic heterocycles. The molecule has 2 atom stereocenters. The average Bonchev–Trinajstić information content (AvgIpc) is 2.76. The van der Waals surface area contributed by atoms with Crippen molar-refractivity contribution in [2.24, 2.45) is 5.92 Å². The first-order valence-corrected chi connectivity index (χ1v) is 10.9. The molecule has 2 unspecified atom stereocenters. The normalized spacial score (nSPS) is 16.1. The minimum absolute atomic E-state index is 0.240. The Labute approximate surface area is 181 Å². The number of aryl methyl sites for hydroxylation is 1. The molecule has 1 amide bonds. The molecular formula is C23H25N3O3S. The zero-order chi connectivity index (χ0) is 21.7. The summed E-state index contributed by atoms with van der Waals surface area (Å²) >= 11 is 1.30. The number of nitriles is 1. The minimum atomic E-state index is -0.510. The zero-order valence-electron chi connectivity index (χ0n) is 17.4. The lowest BCUT2D eigenvalue weighted by molar-refractivity contribution is -0.115. The van der Waals surface area contributed by atoms with Gasteiger partial charge in [0.15, 0.2) is 0 Å². The lowest BCUT2D eigenvalue weighted by Crippen LogP contribution is -2.26. The molecule has 7 heteroatoms. The molecule has 1 aliphatic carbocycles. The van der Waals surface area contributed by atoms with Crippen molar-refractivity contribution in [2.75, 3.05) is 12.4 Å². The number of rotatable bonds is 6. The molecule has 0 saturated heterocycles. The van der Waals surface area contributed by atoms with Crippen LogP contribution in [-0.4, -0.2) is 29.2 Å². The van der Waals surface area contributed by atoms with Gasteiger partial charge >= 0.3 is 5.97 Å². The predicted octanol–water partition coefficient (Wildman–Crippen LogP) is 4.37. The van der Waals surface area contributed by atoms with Gasteiger partial charge in [0, 0.05) is 5.69 Å². The molecule has 156 valence electrons. The molecule has 1 aromatic heterocycles. The second-order valence-electron chi connectivity index (χ2n) is 7.45. The number of ether oxygens (including phenoxy) is 1. The maximum absolute atomic E-state index is 12.9. The number of hydrogen-bond donors (Lipinski definition) is 1. The fraction of sp³-hybridized carbons (Fsp3) is 0.391. The highest BCUT2D eigenvalue weighted by Gasteiger charge is 2.25. The van der Waals surface area contributed by atoms with Gasteiger partial charge in [-0.15, -0.1) is 0 Å². The van der Waals surface area contributed by atoms with Gasteiger partial charge in [0.1, 0.15) is 11.1 Å². The molecule has 3 rings (SSSR count). The van der Waals surface area contributed by atoms with Crippen LogP contribution in [0.2, 0.25) is 0 Å². The number of amides is 1.